The van der Waals surface area contributed by atoms with Gasteiger partial charge in [0.1, 0.15) is 72.7 Å². The van der Waals surface area contributed by atoms with Crippen molar-refractivity contribution >= 4 is 23.6 Å². The number of rotatable bonds is 6. The minimum absolute atomic E-state index is 0.1000. The fourth-order valence-corrected chi connectivity index (χ4v) is 6.38. The number of aliphatic hydroxyl groups is 9. The number of anilines is 2. The SMILES string of the molecule is CC1(N)NC(=O)c2ncn([C@@H]3O[C@H](CO)[C@@H](O)[C@H]3O)c2N1.CN1C(=O)N([C@@H]2O[C@H](CO)[C@@H](O)[C@H]2O)C=CC1N.Cc1cn([C@@H]2O[C@H](CO)[C@@H](O)[C@H]2O)c(=O)nc1N. The molecule has 26 heteroatoms. The molecule has 0 saturated carbocycles. The van der Waals surface area contributed by atoms with Gasteiger partial charge in [-0.05, 0) is 19.9 Å². The number of carbonyl (C=O) groups excluding carboxylic acids is 2. The van der Waals surface area contributed by atoms with Crippen LogP contribution in [-0.2, 0) is 14.2 Å². The summed E-state index contributed by atoms with van der Waals surface area (Å²) in [4.78, 5) is 45.5. The molecule has 0 aliphatic carbocycles. The Kier molecular flexibility index (Phi) is 13.2. The van der Waals surface area contributed by atoms with E-state index >= 15 is 0 Å². The second kappa shape index (κ2) is 17.2. The van der Waals surface area contributed by atoms with Crippen LogP contribution in [0.4, 0.5) is 16.4 Å². The number of carbonyl (C=O) groups is 2. The van der Waals surface area contributed by atoms with E-state index in [1.165, 1.54) is 35.2 Å². The molecule has 2 aromatic heterocycles. The fourth-order valence-electron chi connectivity index (χ4n) is 6.38. The van der Waals surface area contributed by atoms with Crippen LogP contribution in [0.25, 0.3) is 0 Å². The first-order valence-electron chi connectivity index (χ1n) is 17.4. The highest BCUT2D eigenvalue weighted by Gasteiger charge is 2.48. The first kappa shape index (κ1) is 43.7. The number of amides is 3. The second-order valence-electron chi connectivity index (χ2n) is 13.9. The lowest BCUT2D eigenvalue weighted by atomic mass is 10.1. The van der Waals surface area contributed by atoms with Gasteiger partial charge in [0.2, 0.25) is 0 Å². The monoisotopic (exact) mass is 815 g/mol. The molecule has 0 spiro atoms. The second-order valence-corrected chi connectivity index (χ2v) is 13.9. The number of nitrogen functional groups attached to an aromatic ring is 1. The molecule has 5 aliphatic heterocycles. The average molecular weight is 816 g/mol. The van der Waals surface area contributed by atoms with Gasteiger partial charge in [0.25, 0.3) is 5.91 Å². The number of nitrogens with two attached hydrogens (primary N) is 3. The predicted octanol–water partition coefficient (Wildman–Crippen LogP) is -7.38. The van der Waals surface area contributed by atoms with Crippen molar-refractivity contribution in [3.63, 3.8) is 0 Å². The molecule has 0 radical (unpaired) electrons. The third-order valence-electron chi connectivity index (χ3n) is 9.72. The van der Waals surface area contributed by atoms with E-state index in [9.17, 15) is 45.0 Å². The summed E-state index contributed by atoms with van der Waals surface area (Å²) >= 11 is 0. The number of nitrogens with zero attached hydrogens (tertiary/aromatic N) is 6. The molecule has 0 aromatic carbocycles. The summed E-state index contributed by atoms with van der Waals surface area (Å²) in [7, 11) is 1.52. The van der Waals surface area contributed by atoms with Crippen LogP contribution in [0.5, 0.6) is 0 Å². The molecule has 2 aromatic rings. The number of urea groups is 1. The van der Waals surface area contributed by atoms with E-state index in [0.29, 0.717) is 5.56 Å². The number of imidazole rings is 1. The maximum absolute atomic E-state index is 12.0. The Hall–Kier alpha value is -4.39. The first-order chi connectivity index (χ1) is 26.8. The van der Waals surface area contributed by atoms with Crippen molar-refractivity contribution in [3.8, 4) is 0 Å². The van der Waals surface area contributed by atoms with Gasteiger partial charge in [0, 0.05) is 25.0 Å². The third kappa shape index (κ3) is 8.59. The van der Waals surface area contributed by atoms with Gasteiger partial charge >= 0.3 is 11.7 Å². The van der Waals surface area contributed by atoms with Gasteiger partial charge in [-0.3, -0.25) is 24.6 Å². The Labute approximate surface area is 322 Å². The molecule has 57 heavy (non-hydrogen) atoms. The Morgan fingerprint density at radius 3 is 1.81 bits per heavy atom. The lowest BCUT2D eigenvalue weighted by Crippen LogP contribution is -2.62. The molecule has 7 heterocycles. The van der Waals surface area contributed by atoms with Gasteiger partial charge in [-0.2, -0.15) is 4.98 Å². The van der Waals surface area contributed by atoms with Crippen LogP contribution >= 0.6 is 0 Å². The number of fused-ring (bicyclic) bond motifs is 1. The van der Waals surface area contributed by atoms with Gasteiger partial charge in [0.15, 0.2) is 30.2 Å². The zero-order valence-corrected chi connectivity index (χ0v) is 30.8. The van der Waals surface area contributed by atoms with E-state index in [2.05, 4.69) is 20.6 Å². The first-order valence-corrected chi connectivity index (χ1v) is 17.4. The molecule has 14 atom stereocenters. The van der Waals surface area contributed by atoms with E-state index in [4.69, 9.17) is 46.7 Å². The lowest BCUT2D eigenvalue weighted by molar-refractivity contribution is -0.0704. The fraction of sp³-hybridized carbons (Fsp3) is 0.645. The van der Waals surface area contributed by atoms with Gasteiger partial charge in [-0.25, -0.2) is 14.6 Å². The highest BCUT2D eigenvalue weighted by Crippen LogP contribution is 2.34. The number of aryl methyl sites for hydroxylation is 1. The van der Waals surface area contributed by atoms with Crippen molar-refractivity contribution in [2.75, 3.05) is 37.9 Å². The molecule has 3 amide bonds. The van der Waals surface area contributed by atoms with Gasteiger partial charge < -0.3 is 87.2 Å². The van der Waals surface area contributed by atoms with Crippen LogP contribution < -0.4 is 33.5 Å². The highest BCUT2D eigenvalue weighted by molar-refractivity contribution is 5.99. The topological polar surface area (TPSA) is 405 Å². The van der Waals surface area contributed by atoms with E-state index < -0.39 is 123 Å². The van der Waals surface area contributed by atoms with Crippen LogP contribution in [-0.4, -0.2) is 187 Å². The van der Waals surface area contributed by atoms with Crippen molar-refractivity contribution in [1.29, 1.82) is 0 Å². The molecule has 3 saturated heterocycles. The number of hydrogen-bond acceptors (Lipinski definition) is 21. The molecule has 7 rings (SSSR count). The number of aliphatic hydroxyl groups excluding tert-OH is 9. The standard InChI is InChI=1S/C11H17N5O5.C10H15N3O5.C10H17N3O5/c1-11(12)14-8-5(9(20)15-11)13-3-16(8)10-7(19)6(18)4(2-17)21-10;1-4-2-13(10(17)12-8(4)11)9-7(16)6(15)5(3-14)18-9;1-12-6(11)2-3-13(10(12)17)9-8(16)7(15)5(4-14)18-9/h3-4,6-7,10,14,17-19H,2,12H2,1H3,(H,15,20);2,5-7,9,14-16H,3H2,1H3,(H2,11,12,17);2-3,5-9,14-16H,4,11H2,1H3/t4-,6-,7-,10-,11?;5-,6-,7-,9-;5-,6?,7-,8-,9-/m111/s1. The van der Waals surface area contributed by atoms with Crippen molar-refractivity contribution < 1.29 is 69.8 Å². The summed E-state index contributed by atoms with van der Waals surface area (Å²) in [6.07, 6.45) is -8.31. The Morgan fingerprint density at radius 2 is 1.30 bits per heavy atom. The minimum atomic E-state index is -1.32. The molecule has 0 bridgehead atoms. The Balaban J connectivity index is 0.000000164. The number of likely N-dealkylation sites (N-methyl/N-ethyl adjacent to an activating group) is 1. The number of nitrogens with one attached hydrogen (secondary N) is 2. The molecule has 3 fully saturated rings. The van der Waals surface area contributed by atoms with Crippen LogP contribution in [0.2, 0.25) is 0 Å². The Morgan fingerprint density at radius 1 is 0.807 bits per heavy atom. The maximum atomic E-state index is 12.0. The van der Waals surface area contributed by atoms with E-state index in [1.807, 2.05) is 0 Å². The molecule has 318 valence electrons. The molecular formula is C31H49N11O15. The van der Waals surface area contributed by atoms with Crippen molar-refractivity contribution in [2.45, 2.75) is 99.4 Å². The smallest absolute Gasteiger partial charge is 0.351 e. The van der Waals surface area contributed by atoms with E-state index in [1.54, 1.807) is 19.9 Å². The van der Waals surface area contributed by atoms with Crippen LogP contribution in [0.1, 0.15) is 35.4 Å². The lowest BCUT2D eigenvalue weighted by Gasteiger charge is -2.36. The van der Waals surface area contributed by atoms with Crippen LogP contribution in [0.3, 0.4) is 0 Å². The van der Waals surface area contributed by atoms with Crippen molar-refractivity contribution in [2.24, 2.45) is 11.5 Å². The van der Waals surface area contributed by atoms with Gasteiger partial charge in [-0.1, -0.05) is 0 Å². The van der Waals surface area contributed by atoms with Crippen LogP contribution in [0, 0.1) is 6.92 Å². The summed E-state index contributed by atoms with van der Waals surface area (Å²) in [6, 6.07) is -0.445. The summed E-state index contributed by atoms with van der Waals surface area (Å²) in [6.45, 7) is 1.89. The van der Waals surface area contributed by atoms with E-state index in [-0.39, 0.29) is 17.3 Å². The maximum Gasteiger partial charge on any atom is 0.351 e. The summed E-state index contributed by atoms with van der Waals surface area (Å²) in [5, 5.41) is 91.1. The molecular weight excluding hydrogens is 766 g/mol. The quantitative estimate of drug-likeness (QED) is 0.129. The number of aromatic nitrogens is 4. The zero-order chi connectivity index (χ0) is 42.3. The minimum Gasteiger partial charge on any atom is -0.394 e. The number of hydrogen-bond donors (Lipinski definition) is 14. The molecule has 5 aliphatic rings. The van der Waals surface area contributed by atoms with Gasteiger partial charge in [-0.15, -0.1) is 0 Å². The van der Waals surface area contributed by atoms with Crippen molar-refractivity contribution in [3.05, 3.63) is 46.5 Å². The molecule has 17 N–H and O–H groups in total. The molecule has 26 nitrogen and oxygen atoms in total. The summed E-state index contributed by atoms with van der Waals surface area (Å²) in [5.41, 5.74) is 16.9. The third-order valence-corrected chi connectivity index (χ3v) is 9.72. The summed E-state index contributed by atoms with van der Waals surface area (Å²) < 4.78 is 18.3. The van der Waals surface area contributed by atoms with E-state index in [0.717, 1.165) is 9.47 Å². The molecule has 2 unspecified atom stereocenters. The van der Waals surface area contributed by atoms with Crippen LogP contribution in [0.15, 0.2) is 29.6 Å². The zero-order valence-electron chi connectivity index (χ0n) is 30.8. The summed E-state index contributed by atoms with van der Waals surface area (Å²) in [5.74, 6) is -1.26. The van der Waals surface area contributed by atoms with Gasteiger partial charge in [0.05, 0.1) is 26.1 Å². The largest absolute Gasteiger partial charge is 0.394 e. The number of ether oxygens (including phenoxy) is 3. The highest BCUT2D eigenvalue weighted by atomic mass is 16.6. The average Bonchev–Trinajstić information content (AvgIpc) is 3.88. The normalized spacial score (nSPS) is 37.2. The van der Waals surface area contributed by atoms with Crippen molar-refractivity contribution in [1.82, 2.24) is 34.2 Å². The predicted molar refractivity (Wildman–Crippen MR) is 189 cm³/mol. The Bertz CT molecular complexity index is 1850.